The molecule has 5 nitrogen and oxygen atoms in total. The minimum absolute atomic E-state index is 0.0240. The molecule has 1 fully saturated rings. The zero-order chi connectivity index (χ0) is 13.1. The molecule has 0 saturated carbocycles. The van der Waals surface area contributed by atoms with Crippen LogP contribution < -0.4 is 0 Å². The van der Waals surface area contributed by atoms with Crippen LogP contribution in [0.1, 0.15) is 10.4 Å². The van der Waals surface area contributed by atoms with E-state index in [1.165, 1.54) is 23.2 Å². The molecule has 98 valence electrons. The van der Waals surface area contributed by atoms with E-state index in [0.29, 0.717) is 13.1 Å². The van der Waals surface area contributed by atoms with Gasteiger partial charge in [0.25, 0.3) is 5.91 Å². The van der Waals surface area contributed by atoms with E-state index in [2.05, 4.69) is 4.98 Å². The maximum Gasteiger partial charge on any atom is 0.258 e. The molecule has 1 amide bonds. The second-order valence-electron chi connectivity index (χ2n) is 4.10. The molecule has 1 saturated heterocycles. The molecule has 0 aliphatic carbocycles. The first kappa shape index (κ1) is 12.9. The van der Waals surface area contributed by atoms with Gasteiger partial charge in [0.2, 0.25) is 5.95 Å². The van der Waals surface area contributed by atoms with Gasteiger partial charge in [0.1, 0.15) is 12.2 Å². The van der Waals surface area contributed by atoms with Crippen LogP contribution in [-0.2, 0) is 9.47 Å². The molecule has 0 aromatic carbocycles. The van der Waals surface area contributed by atoms with E-state index in [1.807, 2.05) is 0 Å². The fraction of sp³-hybridized carbons (Fsp3) is 0.500. The highest BCUT2D eigenvalue weighted by Gasteiger charge is 2.36. The van der Waals surface area contributed by atoms with Crippen molar-refractivity contribution in [1.82, 2.24) is 9.88 Å². The van der Waals surface area contributed by atoms with E-state index in [1.54, 1.807) is 14.2 Å². The molecular weight excluding hydrogens is 239 g/mol. The summed E-state index contributed by atoms with van der Waals surface area (Å²) in [4.78, 5) is 17.1. The summed E-state index contributed by atoms with van der Waals surface area (Å²) in [5, 5.41) is 0. The van der Waals surface area contributed by atoms with Gasteiger partial charge in [0.05, 0.1) is 5.56 Å². The van der Waals surface area contributed by atoms with Crippen molar-refractivity contribution < 1.29 is 18.7 Å². The lowest BCUT2D eigenvalue weighted by molar-refractivity contribution is -0.00461. The number of carbonyl (C=O) groups excluding carboxylic acids is 1. The summed E-state index contributed by atoms with van der Waals surface area (Å²) in [6, 6.07) is 2.96. The van der Waals surface area contributed by atoms with Crippen LogP contribution in [0.5, 0.6) is 0 Å². The predicted octanol–water partition coefficient (Wildman–Crippen LogP) is 0.707. The van der Waals surface area contributed by atoms with Gasteiger partial charge in [0.15, 0.2) is 0 Å². The summed E-state index contributed by atoms with van der Waals surface area (Å²) in [5.74, 6) is -1.14. The molecule has 1 aromatic rings. The van der Waals surface area contributed by atoms with Crippen molar-refractivity contribution in [3.63, 3.8) is 0 Å². The average Bonchev–Trinajstić information content (AvgIpc) is 2.81. The number of methoxy groups -OCH3 is 2. The van der Waals surface area contributed by atoms with Gasteiger partial charge < -0.3 is 14.4 Å². The standard InChI is InChI=1S/C12H15FN2O3/c1-17-9-6-15(7-10(9)18-2)12(16)8-4-3-5-14-11(8)13/h3-5,9-10H,6-7H2,1-2H3. The number of amides is 1. The number of hydrogen-bond acceptors (Lipinski definition) is 4. The molecule has 18 heavy (non-hydrogen) atoms. The summed E-state index contributed by atoms with van der Waals surface area (Å²) >= 11 is 0. The predicted molar refractivity (Wildman–Crippen MR) is 61.7 cm³/mol. The number of hydrogen-bond donors (Lipinski definition) is 0. The van der Waals surface area contributed by atoms with Crippen molar-refractivity contribution in [2.45, 2.75) is 12.2 Å². The largest absolute Gasteiger partial charge is 0.377 e. The van der Waals surface area contributed by atoms with E-state index >= 15 is 0 Å². The lowest BCUT2D eigenvalue weighted by Crippen LogP contribution is -2.30. The van der Waals surface area contributed by atoms with Crippen LogP contribution in [0.15, 0.2) is 18.3 Å². The number of nitrogens with zero attached hydrogens (tertiary/aromatic N) is 2. The van der Waals surface area contributed by atoms with E-state index in [9.17, 15) is 9.18 Å². The van der Waals surface area contributed by atoms with E-state index in [4.69, 9.17) is 9.47 Å². The van der Waals surface area contributed by atoms with Crippen LogP contribution >= 0.6 is 0 Å². The van der Waals surface area contributed by atoms with Crippen LogP contribution in [0.4, 0.5) is 4.39 Å². The van der Waals surface area contributed by atoms with Crippen LogP contribution in [0.3, 0.4) is 0 Å². The van der Waals surface area contributed by atoms with Crippen molar-refractivity contribution in [2.24, 2.45) is 0 Å². The SMILES string of the molecule is COC1CN(C(=O)c2cccnc2F)CC1OC. The van der Waals surface area contributed by atoms with E-state index < -0.39 is 5.95 Å². The third-order valence-corrected chi connectivity index (χ3v) is 3.10. The molecule has 1 aliphatic rings. The first-order chi connectivity index (χ1) is 8.67. The Labute approximate surface area is 105 Å². The summed E-state index contributed by atoms with van der Waals surface area (Å²) in [5.41, 5.74) is -0.0240. The van der Waals surface area contributed by atoms with Gasteiger partial charge in [-0.2, -0.15) is 4.39 Å². The average molecular weight is 254 g/mol. The lowest BCUT2D eigenvalue weighted by Gasteiger charge is -2.15. The topological polar surface area (TPSA) is 51.7 Å². The number of likely N-dealkylation sites (tertiary alicyclic amines) is 1. The van der Waals surface area contributed by atoms with Gasteiger partial charge in [-0.1, -0.05) is 0 Å². The number of halogens is 1. The van der Waals surface area contributed by atoms with Crippen molar-refractivity contribution in [2.75, 3.05) is 27.3 Å². The molecule has 0 radical (unpaired) electrons. The smallest absolute Gasteiger partial charge is 0.258 e. The Morgan fingerprint density at radius 1 is 1.39 bits per heavy atom. The Hall–Kier alpha value is -1.53. The Balaban J connectivity index is 2.14. The van der Waals surface area contributed by atoms with Gasteiger partial charge >= 0.3 is 0 Å². The maximum absolute atomic E-state index is 13.4. The van der Waals surface area contributed by atoms with E-state index in [0.717, 1.165) is 0 Å². The Kier molecular flexibility index (Phi) is 3.88. The van der Waals surface area contributed by atoms with Crippen LogP contribution in [-0.4, -0.2) is 55.3 Å². The number of aromatic nitrogens is 1. The molecule has 0 spiro atoms. The van der Waals surface area contributed by atoms with Crippen molar-refractivity contribution in [1.29, 1.82) is 0 Å². The highest BCUT2D eigenvalue weighted by molar-refractivity contribution is 5.94. The van der Waals surface area contributed by atoms with E-state index in [-0.39, 0.29) is 23.7 Å². The summed E-state index contributed by atoms with van der Waals surface area (Å²) in [7, 11) is 3.13. The minimum Gasteiger partial charge on any atom is -0.377 e. The molecule has 2 rings (SSSR count). The number of ether oxygens (including phenoxy) is 2. The summed E-state index contributed by atoms with van der Waals surface area (Å²) < 4.78 is 23.9. The van der Waals surface area contributed by atoms with Gasteiger partial charge in [-0.25, -0.2) is 4.98 Å². The zero-order valence-electron chi connectivity index (χ0n) is 10.3. The molecule has 6 heteroatoms. The van der Waals surface area contributed by atoms with Gasteiger partial charge in [-0.3, -0.25) is 4.79 Å². The second kappa shape index (κ2) is 5.41. The monoisotopic (exact) mass is 254 g/mol. The van der Waals surface area contributed by atoms with Crippen LogP contribution in [0.25, 0.3) is 0 Å². The fourth-order valence-corrected chi connectivity index (χ4v) is 2.08. The highest BCUT2D eigenvalue weighted by atomic mass is 19.1. The first-order valence-electron chi connectivity index (χ1n) is 5.62. The molecule has 2 unspecified atom stereocenters. The Morgan fingerprint density at radius 2 is 2.00 bits per heavy atom. The van der Waals surface area contributed by atoms with Crippen molar-refractivity contribution >= 4 is 5.91 Å². The number of carbonyl (C=O) groups is 1. The molecule has 0 N–H and O–H groups in total. The maximum atomic E-state index is 13.4. The van der Waals surface area contributed by atoms with Crippen LogP contribution in [0.2, 0.25) is 0 Å². The zero-order valence-corrected chi connectivity index (χ0v) is 10.3. The third-order valence-electron chi connectivity index (χ3n) is 3.10. The first-order valence-corrected chi connectivity index (χ1v) is 5.62. The second-order valence-corrected chi connectivity index (χ2v) is 4.10. The third kappa shape index (κ3) is 2.34. The minimum atomic E-state index is -0.752. The summed E-state index contributed by atoms with van der Waals surface area (Å²) in [6.07, 6.45) is 0.948. The van der Waals surface area contributed by atoms with Gasteiger partial charge in [-0.15, -0.1) is 0 Å². The molecule has 0 bridgehead atoms. The normalized spacial score (nSPS) is 23.4. The lowest BCUT2D eigenvalue weighted by atomic mass is 10.2. The molecule has 1 aromatic heterocycles. The molecule has 1 aliphatic heterocycles. The highest BCUT2D eigenvalue weighted by Crippen LogP contribution is 2.18. The molecule has 2 atom stereocenters. The summed E-state index contributed by atoms with van der Waals surface area (Å²) in [6.45, 7) is 0.782. The fourth-order valence-electron chi connectivity index (χ4n) is 2.08. The van der Waals surface area contributed by atoms with Gasteiger partial charge in [-0.05, 0) is 12.1 Å². The molecular formula is C12H15FN2O3. The number of pyridine rings is 1. The molecule has 2 heterocycles. The van der Waals surface area contributed by atoms with Crippen LogP contribution in [0, 0.1) is 5.95 Å². The Morgan fingerprint density at radius 3 is 2.50 bits per heavy atom. The Bertz CT molecular complexity index is 429. The number of rotatable bonds is 3. The van der Waals surface area contributed by atoms with Crippen molar-refractivity contribution in [3.8, 4) is 0 Å². The van der Waals surface area contributed by atoms with Crippen molar-refractivity contribution in [3.05, 3.63) is 29.8 Å². The quantitative estimate of drug-likeness (QED) is 0.745. The van der Waals surface area contributed by atoms with Gasteiger partial charge in [0, 0.05) is 33.5 Å².